The van der Waals surface area contributed by atoms with Crippen LogP contribution in [0.1, 0.15) is 20.7 Å². The van der Waals surface area contributed by atoms with Gasteiger partial charge in [0, 0.05) is 12.2 Å². The Labute approximate surface area is 182 Å². The molecule has 164 valence electrons. The molecule has 0 saturated carbocycles. The minimum absolute atomic E-state index is 0.0456. The van der Waals surface area contributed by atoms with Crippen LogP contribution in [-0.2, 0) is 14.3 Å². The van der Waals surface area contributed by atoms with Gasteiger partial charge in [-0.15, -0.1) is 0 Å². The topological polar surface area (TPSA) is 134 Å². The summed E-state index contributed by atoms with van der Waals surface area (Å²) < 4.78 is 10.5. The Kier molecular flexibility index (Phi) is 5.61. The van der Waals surface area contributed by atoms with Crippen molar-refractivity contribution in [1.29, 1.82) is 0 Å². The lowest BCUT2D eigenvalue weighted by molar-refractivity contribution is -0.136. The second kappa shape index (κ2) is 8.52. The summed E-state index contributed by atoms with van der Waals surface area (Å²) in [6, 6.07) is 11.2. The first kappa shape index (κ1) is 21.1. The van der Waals surface area contributed by atoms with Gasteiger partial charge in [0.1, 0.15) is 17.2 Å². The highest BCUT2D eigenvalue weighted by molar-refractivity contribution is 6.21. The van der Waals surface area contributed by atoms with Crippen LogP contribution >= 0.6 is 0 Å². The number of hydrogen-bond acceptors (Lipinski definition) is 8. The van der Waals surface area contributed by atoms with E-state index in [0.29, 0.717) is 22.7 Å². The van der Waals surface area contributed by atoms with Crippen LogP contribution in [0.4, 0.5) is 5.69 Å². The van der Waals surface area contributed by atoms with Crippen molar-refractivity contribution in [2.75, 3.05) is 32.1 Å². The number of aliphatic hydroxyl groups is 1. The van der Waals surface area contributed by atoms with Gasteiger partial charge < -0.3 is 24.8 Å². The smallest absolute Gasteiger partial charge is 0.337 e. The van der Waals surface area contributed by atoms with E-state index in [-0.39, 0.29) is 36.5 Å². The van der Waals surface area contributed by atoms with Gasteiger partial charge in [-0.3, -0.25) is 19.7 Å². The fourth-order valence-electron chi connectivity index (χ4n) is 3.45. The number of nitrogens with one attached hydrogen (secondary N) is 2. The normalized spacial score (nSPS) is 15.1. The van der Waals surface area contributed by atoms with Gasteiger partial charge in [0.25, 0.3) is 17.7 Å². The molecule has 2 heterocycles. The van der Waals surface area contributed by atoms with E-state index in [9.17, 15) is 19.2 Å². The van der Waals surface area contributed by atoms with E-state index >= 15 is 0 Å². The maximum atomic E-state index is 12.6. The first-order chi connectivity index (χ1) is 15.4. The molecule has 4 rings (SSSR count). The zero-order valence-corrected chi connectivity index (χ0v) is 17.0. The number of rotatable bonds is 7. The molecule has 2 aromatic carbocycles. The predicted octanol–water partition coefficient (Wildman–Crippen LogP) is 1.04. The minimum Gasteiger partial charge on any atom is -0.466 e. The van der Waals surface area contributed by atoms with Crippen LogP contribution < -0.4 is 15.4 Å². The molecule has 2 aliphatic heterocycles. The first-order valence-corrected chi connectivity index (χ1v) is 9.67. The Morgan fingerprint density at radius 3 is 2.44 bits per heavy atom. The summed E-state index contributed by atoms with van der Waals surface area (Å²) in [6.45, 7) is -0.0797. The van der Waals surface area contributed by atoms with Gasteiger partial charge in [-0.25, -0.2) is 4.79 Å². The molecular formula is C22H19N3O7. The number of methoxy groups -OCH3 is 1. The second-order valence-electron chi connectivity index (χ2n) is 7.04. The molecule has 2 aromatic rings. The molecule has 0 unspecified atom stereocenters. The summed E-state index contributed by atoms with van der Waals surface area (Å²) in [5.41, 5.74) is 1.35. The Morgan fingerprint density at radius 1 is 1.06 bits per heavy atom. The molecule has 32 heavy (non-hydrogen) atoms. The van der Waals surface area contributed by atoms with Crippen molar-refractivity contribution in [3.8, 4) is 11.5 Å². The van der Waals surface area contributed by atoms with E-state index in [1.807, 2.05) is 0 Å². The van der Waals surface area contributed by atoms with E-state index in [1.165, 1.54) is 24.1 Å². The van der Waals surface area contributed by atoms with Crippen molar-refractivity contribution in [1.82, 2.24) is 10.2 Å². The number of anilines is 1. The molecule has 0 fully saturated rings. The molecule has 2 aliphatic rings. The van der Waals surface area contributed by atoms with Crippen molar-refractivity contribution in [2.24, 2.45) is 0 Å². The Hall–Kier alpha value is -4.18. The number of amides is 3. The summed E-state index contributed by atoms with van der Waals surface area (Å²) in [4.78, 5) is 49.4. The predicted molar refractivity (Wildman–Crippen MR) is 111 cm³/mol. The highest BCUT2D eigenvalue weighted by Gasteiger charge is 2.34. The van der Waals surface area contributed by atoms with Crippen molar-refractivity contribution in [3.63, 3.8) is 0 Å². The van der Waals surface area contributed by atoms with Gasteiger partial charge in [0.15, 0.2) is 0 Å². The van der Waals surface area contributed by atoms with Gasteiger partial charge in [-0.05, 0) is 42.5 Å². The molecular weight excluding hydrogens is 418 g/mol. The maximum Gasteiger partial charge on any atom is 0.337 e. The monoisotopic (exact) mass is 437 g/mol. The van der Waals surface area contributed by atoms with Crippen LogP contribution in [0.5, 0.6) is 11.5 Å². The fourth-order valence-corrected chi connectivity index (χ4v) is 3.45. The molecule has 0 saturated heterocycles. The Morgan fingerprint density at radius 2 is 1.75 bits per heavy atom. The van der Waals surface area contributed by atoms with Crippen LogP contribution in [0.2, 0.25) is 0 Å². The number of carbonyl (C=O) groups is 4. The summed E-state index contributed by atoms with van der Waals surface area (Å²) in [5, 5.41) is 14.3. The Balaban J connectivity index is 1.50. The van der Waals surface area contributed by atoms with Crippen molar-refractivity contribution in [3.05, 3.63) is 64.9 Å². The van der Waals surface area contributed by atoms with Crippen LogP contribution in [0, 0.1) is 0 Å². The van der Waals surface area contributed by atoms with E-state index in [0.717, 1.165) is 0 Å². The summed E-state index contributed by atoms with van der Waals surface area (Å²) in [6.07, 6.45) is 0. The molecule has 0 aliphatic carbocycles. The van der Waals surface area contributed by atoms with Gasteiger partial charge in [-0.2, -0.15) is 0 Å². The number of fused-ring (bicyclic) bond motifs is 1. The molecule has 10 heteroatoms. The molecule has 0 aromatic heterocycles. The molecule has 3 N–H and O–H groups in total. The summed E-state index contributed by atoms with van der Waals surface area (Å²) in [5.74, 6) is -1.10. The third-order valence-corrected chi connectivity index (χ3v) is 5.02. The minimum atomic E-state index is -0.625. The largest absolute Gasteiger partial charge is 0.466 e. The summed E-state index contributed by atoms with van der Waals surface area (Å²) >= 11 is 0. The number of esters is 1. The lowest BCUT2D eigenvalue weighted by atomic mass is 10.1. The molecule has 0 radical (unpaired) electrons. The van der Waals surface area contributed by atoms with Crippen molar-refractivity contribution >= 4 is 29.4 Å². The third-order valence-electron chi connectivity index (χ3n) is 5.02. The molecule has 0 spiro atoms. The highest BCUT2D eigenvalue weighted by Crippen LogP contribution is 2.28. The third kappa shape index (κ3) is 3.91. The molecule has 3 amide bonds. The van der Waals surface area contributed by atoms with Crippen LogP contribution in [0.25, 0.3) is 0 Å². The van der Waals surface area contributed by atoms with E-state index in [1.54, 1.807) is 30.3 Å². The lowest BCUT2D eigenvalue weighted by Gasteiger charge is -2.15. The zero-order valence-electron chi connectivity index (χ0n) is 17.0. The number of hydrogen-bond donors (Lipinski definition) is 3. The number of benzene rings is 2. The quantitative estimate of drug-likeness (QED) is 0.432. The average molecular weight is 437 g/mol. The average Bonchev–Trinajstić information content (AvgIpc) is 3.25. The zero-order chi connectivity index (χ0) is 22.8. The van der Waals surface area contributed by atoms with Crippen molar-refractivity contribution in [2.45, 2.75) is 0 Å². The number of carbonyl (C=O) groups excluding carboxylic acids is 4. The van der Waals surface area contributed by atoms with Crippen LogP contribution in [-0.4, -0.2) is 60.5 Å². The summed E-state index contributed by atoms with van der Waals surface area (Å²) in [7, 11) is 1.23. The first-order valence-electron chi connectivity index (χ1n) is 9.67. The molecule has 10 nitrogen and oxygen atoms in total. The molecule has 0 bridgehead atoms. The SMILES string of the molecule is COC(=O)C1=C(Nc2ccc(Oc3ccc4c(c3)C(=O)NC4=O)cc2)C(=O)N(CCO)C1. The lowest BCUT2D eigenvalue weighted by Crippen LogP contribution is -2.31. The number of β-amino-alcohol motifs (C(OH)–C–C–N with tert-alkyl or cyclic N) is 1. The maximum absolute atomic E-state index is 12.6. The number of nitrogens with zero attached hydrogens (tertiary/aromatic N) is 1. The number of imide groups is 1. The van der Waals surface area contributed by atoms with Gasteiger partial charge in [0.05, 0.1) is 37.0 Å². The number of aliphatic hydroxyl groups excluding tert-OH is 1. The van der Waals surface area contributed by atoms with E-state index in [4.69, 9.17) is 14.6 Å². The van der Waals surface area contributed by atoms with Gasteiger partial charge in [-0.1, -0.05) is 0 Å². The van der Waals surface area contributed by atoms with Gasteiger partial charge in [0.2, 0.25) is 0 Å². The van der Waals surface area contributed by atoms with Crippen molar-refractivity contribution < 1.29 is 33.8 Å². The van der Waals surface area contributed by atoms with Gasteiger partial charge >= 0.3 is 5.97 Å². The standard InChI is InChI=1S/C22H19N3O7/c1-31-22(30)17-11-25(8-9-26)21(29)18(17)23-12-2-4-13(5-3-12)32-14-6-7-15-16(10-14)20(28)24-19(15)27/h2-7,10,23,26H,8-9,11H2,1H3,(H,24,27,28). The highest BCUT2D eigenvalue weighted by atomic mass is 16.5. The Bertz CT molecular complexity index is 1150. The number of ether oxygens (including phenoxy) is 2. The van der Waals surface area contributed by atoms with E-state index in [2.05, 4.69) is 10.6 Å². The van der Waals surface area contributed by atoms with Crippen LogP contribution in [0.3, 0.4) is 0 Å². The molecule has 0 atom stereocenters. The van der Waals surface area contributed by atoms with E-state index < -0.39 is 23.7 Å². The fraction of sp³-hybridized carbons (Fsp3) is 0.182. The second-order valence-corrected chi connectivity index (χ2v) is 7.04. The van der Waals surface area contributed by atoms with Crippen LogP contribution in [0.15, 0.2) is 53.7 Å².